The molecule has 0 radical (unpaired) electrons. The first-order chi connectivity index (χ1) is 16.1. The molecule has 3 atom stereocenters. The van der Waals surface area contributed by atoms with E-state index in [1.54, 1.807) is 13.4 Å². The summed E-state index contributed by atoms with van der Waals surface area (Å²) in [6.45, 7) is 4.26. The molecule has 2 N–H and O–H groups in total. The summed E-state index contributed by atoms with van der Waals surface area (Å²) < 4.78 is 9.30. The number of piperidine rings is 1. The Bertz CT molecular complexity index is 1340. The number of hydrogen-bond donors (Lipinski definition) is 2. The molecule has 1 aliphatic heterocycles. The molecule has 2 fully saturated rings. The highest BCUT2D eigenvalue weighted by Gasteiger charge is 2.52. The zero-order chi connectivity index (χ0) is 22.7. The monoisotopic (exact) mass is 445 g/mol. The lowest BCUT2D eigenvalue weighted by Gasteiger charge is -2.28. The lowest BCUT2D eigenvalue weighted by molar-refractivity contribution is 0.259. The van der Waals surface area contributed by atoms with Gasteiger partial charge in [-0.3, -0.25) is 0 Å². The van der Waals surface area contributed by atoms with Gasteiger partial charge in [0.05, 0.1) is 31.6 Å². The molecule has 1 aliphatic carbocycles. The molecule has 1 saturated carbocycles. The number of aliphatic hydroxyl groups excluding tert-OH is 1. The van der Waals surface area contributed by atoms with E-state index in [2.05, 4.69) is 40.2 Å². The largest absolute Gasteiger partial charge is 0.496 e. The molecule has 9 heteroatoms. The Morgan fingerprint density at radius 1 is 1.24 bits per heavy atom. The Hall–Kier alpha value is -3.59. The summed E-state index contributed by atoms with van der Waals surface area (Å²) in [6.07, 6.45) is 7.78. The summed E-state index contributed by atoms with van der Waals surface area (Å²) in [7, 11) is 1.68. The van der Waals surface area contributed by atoms with Crippen molar-refractivity contribution in [2.45, 2.75) is 38.8 Å². The van der Waals surface area contributed by atoms with Gasteiger partial charge in [-0.2, -0.15) is 4.98 Å². The highest BCUT2D eigenvalue weighted by Crippen LogP contribution is 2.50. The second kappa shape index (κ2) is 7.48. The smallest absolute Gasteiger partial charge is 0.248 e. The number of aryl methyl sites for hydroxylation is 1. The molecule has 4 heterocycles. The minimum absolute atomic E-state index is 0.106. The number of ether oxygens (including phenoxy) is 1. The van der Waals surface area contributed by atoms with Crippen LogP contribution in [0.25, 0.3) is 11.2 Å². The van der Waals surface area contributed by atoms with Crippen molar-refractivity contribution >= 4 is 23.1 Å². The lowest BCUT2D eigenvalue weighted by atomic mass is 10.1. The van der Waals surface area contributed by atoms with E-state index in [1.165, 1.54) is 6.42 Å². The van der Waals surface area contributed by atoms with E-state index in [1.807, 2.05) is 39.7 Å². The zero-order valence-electron chi connectivity index (χ0n) is 18.9. The number of rotatable bonds is 6. The second-order valence-electron chi connectivity index (χ2n) is 9.02. The van der Waals surface area contributed by atoms with Crippen LogP contribution in [0.3, 0.4) is 0 Å². The Labute approximate surface area is 191 Å². The third-order valence-electron chi connectivity index (χ3n) is 6.98. The number of benzene rings is 1. The first-order valence-electron chi connectivity index (χ1n) is 11.3. The molecule has 9 nitrogen and oxygen atoms in total. The molecule has 0 unspecified atom stereocenters. The van der Waals surface area contributed by atoms with Crippen molar-refractivity contribution in [2.75, 3.05) is 23.9 Å². The molecular weight excluding hydrogens is 418 g/mol. The van der Waals surface area contributed by atoms with Crippen molar-refractivity contribution < 1.29 is 9.84 Å². The van der Waals surface area contributed by atoms with Crippen LogP contribution >= 0.6 is 0 Å². The van der Waals surface area contributed by atoms with Gasteiger partial charge in [-0.25, -0.2) is 9.50 Å². The highest BCUT2D eigenvalue weighted by molar-refractivity contribution is 5.72. The van der Waals surface area contributed by atoms with Gasteiger partial charge in [-0.1, -0.05) is 0 Å². The third kappa shape index (κ3) is 3.31. The Kier molecular flexibility index (Phi) is 4.55. The molecule has 0 spiro atoms. The zero-order valence-corrected chi connectivity index (χ0v) is 18.9. The molecule has 33 heavy (non-hydrogen) atoms. The highest BCUT2D eigenvalue weighted by atomic mass is 16.5. The molecule has 0 amide bonds. The summed E-state index contributed by atoms with van der Waals surface area (Å²) in [5.74, 6) is 3.49. The molecule has 6 rings (SSSR count). The number of nitrogens with zero attached hydrogens (tertiary/aromatic N) is 6. The van der Waals surface area contributed by atoms with Crippen molar-refractivity contribution in [1.29, 1.82) is 0 Å². The van der Waals surface area contributed by atoms with E-state index in [9.17, 15) is 5.11 Å². The van der Waals surface area contributed by atoms with Crippen LogP contribution in [0.4, 0.5) is 17.6 Å². The number of methoxy groups -OCH3 is 1. The molecular formula is C24H27N7O2. The maximum absolute atomic E-state index is 9.92. The van der Waals surface area contributed by atoms with Gasteiger partial charge < -0.3 is 24.6 Å². The summed E-state index contributed by atoms with van der Waals surface area (Å²) in [5.41, 5.74) is 4.20. The van der Waals surface area contributed by atoms with Gasteiger partial charge in [0.1, 0.15) is 17.6 Å². The van der Waals surface area contributed by atoms with Crippen molar-refractivity contribution in [3.8, 4) is 11.4 Å². The second-order valence-corrected chi connectivity index (χ2v) is 9.02. The van der Waals surface area contributed by atoms with Crippen LogP contribution < -0.4 is 15.0 Å². The summed E-state index contributed by atoms with van der Waals surface area (Å²) in [6, 6.07) is 8.66. The summed E-state index contributed by atoms with van der Waals surface area (Å²) in [5, 5.41) is 17.8. The topological polar surface area (TPSA) is 92.7 Å². The van der Waals surface area contributed by atoms with E-state index in [4.69, 9.17) is 9.72 Å². The van der Waals surface area contributed by atoms with Crippen LogP contribution in [-0.2, 0) is 0 Å². The normalized spacial score (nSPS) is 21.5. The quantitative estimate of drug-likeness (QED) is 0.471. The van der Waals surface area contributed by atoms with Gasteiger partial charge in [0.25, 0.3) is 0 Å². The lowest BCUT2D eigenvalue weighted by Crippen LogP contribution is -2.36. The fourth-order valence-electron chi connectivity index (χ4n) is 5.03. The summed E-state index contributed by atoms with van der Waals surface area (Å²) in [4.78, 5) is 11.7. The van der Waals surface area contributed by atoms with Crippen molar-refractivity contribution in [3.05, 3.63) is 54.1 Å². The predicted octanol–water partition coefficient (Wildman–Crippen LogP) is 3.24. The van der Waals surface area contributed by atoms with E-state index >= 15 is 0 Å². The fourth-order valence-corrected chi connectivity index (χ4v) is 5.03. The van der Waals surface area contributed by atoms with Gasteiger partial charge in [0.2, 0.25) is 5.95 Å². The van der Waals surface area contributed by atoms with Gasteiger partial charge in [-0.15, -0.1) is 5.10 Å². The predicted molar refractivity (Wildman–Crippen MR) is 126 cm³/mol. The fraction of sp³-hybridized carbons (Fsp3) is 0.375. The minimum atomic E-state index is 0.106. The standard InChI is InChI=1S/C24H27N7O2/c1-14-7-17(10-21(33-3)15(14)2)29-11-22(25-13-29)26-24-27-23(19-5-4-6-30(19)28-24)31-18(12-32)8-16-9-20(16)31/h4-7,10-11,13,16,18,20,32H,8-9,12H2,1-3H3,(H,26,28)/t16-,18-,20+/m0/s1. The number of fused-ring (bicyclic) bond motifs is 2. The molecule has 3 aromatic heterocycles. The Balaban J connectivity index is 1.33. The van der Waals surface area contributed by atoms with E-state index in [-0.39, 0.29) is 12.6 Å². The molecule has 2 aliphatic rings. The van der Waals surface area contributed by atoms with Gasteiger partial charge in [-0.05, 0) is 61.9 Å². The molecule has 0 bridgehead atoms. The molecule has 1 saturated heterocycles. The van der Waals surface area contributed by atoms with Crippen LogP contribution in [0.1, 0.15) is 24.0 Å². The van der Waals surface area contributed by atoms with E-state index in [0.29, 0.717) is 23.7 Å². The molecule has 1 aromatic carbocycles. The summed E-state index contributed by atoms with van der Waals surface area (Å²) >= 11 is 0. The molecule has 170 valence electrons. The number of aliphatic hydroxyl groups is 1. The maximum atomic E-state index is 9.92. The first kappa shape index (κ1) is 20.0. The van der Waals surface area contributed by atoms with E-state index in [0.717, 1.165) is 40.3 Å². The maximum Gasteiger partial charge on any atom is 0.248 e. The van der Waals surface area contributed by atoms with Gasteiger partial charge in [0, 0.05) is 18.3 Å². The third-order valence-corrected chi connectivity index (χ3v) is 6.98. The minimum Gasteiger partial charge on any atom is -0.496 e. The average Bonchev–Trinajstić information content (AvgIpc) is 3.17. The Morgan fingerprint density at radius 2 is 2.12 bits per heavy atom. The average molecular weight is 446 g/mol. The number of anilines is 3. The first-order valence-corrected chi connectivity index (χ1v) is 11.3. The number of imidazole rings is 1. The van der Waals surface area contributed by atoms with Crippen LogP contribution in [0.15, 0.2) is 43.0 Å². The number of nitrogens with one attached hydrogen (secondary N) is 1. The van der Waals surface area contributed by atoms with Crippen LogP contribution in [0.5, 0.6) is 5.75 Å². The van der Waals surface area contributed by atoms with Gasteiger partial charge in [0.15, 0.2) is 11.6 Å². The van der Waals surface area contributed by atoms with Crippen LogP contribution in [0.2, 0.25) is 0 Å². The number of aromatic nitrogens is 5. The van der Waals surface area contributed by atoms with Crippen molar-refractivity contribution in [3.63, 3.8) is 0 Å². The van der Waals surface area contributed by atoms with E-state index < -0.39 is 0 Å². The SMILES string of the molecule is COc1cc(-n2cnc(Nc3nc(N4[C@H](CO)C[C@H]5C[C@H]54)c4cccn4n3)c2)cc(C)c1C. The van der Waals surface area contributed by atoms with Crippen LogP contribution in [0, 0.1) is 19.8 Å². The van der Waals surface area contributed by atoms with Crippen molar-refractivity contribution in [2.24, 2.45) is 5.92 Å². The Morgan fingerprint density at radius 3 is 2.94 bits per heavy atom. The van der Waals surface area contributed by atoms with Gasteiger partial charge >= 0.3 is 0 Å². The van der Waals surface area contributed by atoms with Crippen molar-refractivity contribution in [1.82, 2.24) is 24.1 Å². The number of hydrogen-bond acceptors (Lipinski definition) is 7. The van der Waals surface area contributed by atoms with Crippen LogP contribution in [-0.4, -0.2) is 55.1 Å². The molecule has 4 aromatic rings.